The molecule has 0 spiro atoms. The Morgan fingerprint density at radius 3 is 2.41 bits per heavy atom. The van der Waals surface area contributed by atoms with E-state index in [2.05, 4.69) is 55.0 Å². The summed E-state index contributed by atoms with van der Waals surface area (Å²) >= 11 is 0. The first-order valence-electron chi connectivity index (χ1n) is 24.1. The van der Waals surface area contributed by atoms with Gasteiger partial charge in [0, 0.05) is 153 Å². The number of carbonyl (C=O) groups is 3. The van der Waals surface area contributed by atoms with Crippen LogP contribution in [-0.2, 0) is 19.5 Å². The Kier molecular flexibility index (Phi) is 13.9. The van der Waals surface area contributed by atoms with Crippen molar-refractivity contribution >= 4 is 51.2 Å². The van der Waals surface area contributed by atoms with Gasteiger partial charge in [0.05, 0.1) is 10.9 Å². The van der Waals surface area contributed by atoms with E-state index in [0.717, 1.165) is 83.8 Å². The highest BCUT2D eigenvalue weighted by Crippen LogP contribution is 2.42. The van der Waals surface area contributed by atoms with Crippen molar-refractivity contribution in [2.45, 2.75) is 46.2 Å². The van der Waals surface area contributed by atoms with Crippen LogP contribution < -0.4 is 31.3 Å². The van der Waals surface area contributed by atoms with E-state index in [-0.39, 0.29) is 29.5 Å². The van der Waals surface area contributed by atoms with Gasteiger partial charge in [0.2, 0.25) is 0 Å². The van der Waals surface area contributed by atoms with E-state index < -0.39 is 5.97 Å². The van der Waals surface area contributed by atoms with Crippen LogP contribution in [0.25, 0.3) is 55.4 Å². The fourth-order valence-corrected chi connectivity index (χ4v) is 9.57. The van der Waals surface area contributed by atoms with E-state index in [0.29, 0.717) is 75.0 Å². The fourth-order valence-electron chi connectivity index (χ4n) is 9.57. The van der Waals surface area contributed by atoms with Crippen LogP contribution in [0.1, 0.15) is 67.7 Å². The lowest BCUT2D eigenvalue weighted by Gasteiger charge is -2.33. The van der Waals surface area contributed by atoms with E-state index in [1.807, 2.05) is 105 Å². The lowest BCUT2D eigenvalue weighted by atomic mass is 9.89. The van der Waals surface area contributed by atoms with Gasteiger partial charge in [0.1, 0.15) is 17.2 Å². The lowest BCUT2D eigenvalue weighted by molar-refractivity contribution is 0.0696. The fraction of sp³-hybridized carbons (Fsp3) is 0.286. The number of anilines is 2. The maximum Gasteiger partial charge on any atom is 0.336 e. The number of aryl methyl sites for hydroxylation is 3. The predicted octanol–water partition coefficient (Wildman–Crippen LogP) is 7.97. The summed E-state index contributed by atoms with van der Waals surface area (Å²) in [4.78, 5) is 72.7. The van der Waals surface area contributed by atoms with Crippen molar-refractivity contribution < 1.29 is 23.9 Å². The number of carboxylic acids is 1. The third kappa shape index (κ3) is 10.0. The molecule has 0 bridgehead atoms. The number of rotatable bonds is 15. The molecular formula is C56H59N9O6. The highest BCUT2D eigenvalue weighted by molar-refractivity contribution is 6.10. The van der Waals surface area contributed by atoms with Crippen LogP contribution in [0, 0.1) is 6.92 Å². The van der Waals surface area contributed by atoms with Gasteiger partial charge in [-0.25, -0.2) is 9.78 Å². The maximum atomic E-state index is 14.2. The molecule has 4 N–H and O–H groups in total. The topological polar surface area (TPSA) is 181 Å². The van der Waals surface area contributed by atoms with Crippen LogP contribution in [0.2, 0.25) is 0 Å². The van der Waals surface area contributed by atoms with Gasteiger partial charge in [-0.15, -0.1) is 0 Å². The number of piperazine rings is 1. The molecule has 364 valence electrons. The van der Waals surface area contributed by atoms with Crippen LogP contribution in [0.15, 0.2) is 118 Å². The Bertz CT molecular complexity index is 3420. The van der Waals surface area contributed by atoms with Crippen LogP contribution >= 0.6 is 0 Å². The largest absolute Gasteiger partial charge is 0.478 e. The Morgan fingerprint density at radius 1 is 0.859 bits per heavy atom. The summed E-state index contributed by atoms with van der Waals surface area (Å²) in [7, 11) is 7.69. The van der Waals surface area contributed by atoms with Crippen molar-refractivity contribution in [1.82, 2.24) is 30.1 Å². The second-order valence-corrected chi connectivity index (χ2v) is 18.5. The van der Waals surface area contributed by atoms with Gasteiger partial charge in [-0.1, -0.05) is 13.3 Å². The molecule has 15 heteroatoms. The molecule has 1 saturated heterocycles. The van der Waals surface area contributed by atoms with Crippen molar-refractivity contribution in [2.24, 2.45) is 4.99 Å². The minimum Gasteiger partial charge on any atom is -0.478 e. The summed E-state index contributed by atoms with van der Waals surface area (Å²) in [6.07, 6.45) is 5.94. The number of aromatic carboxylic acids is 1. The van der Waals surface area contributed by atoms with Gasteiger partial charge in [0.25, 0.3) is 17.4 Å². The molecule has 9 rings (SSSR count). The number of aromatic amines is 1. The summed E-state index contributed by atoms with van der Waals surface area (Å²) in [5.74, 6) is -0.329. The summed E-state index contributed by atoms with van der Waals surface area (Å²) < 4.78 is 8.49. The van der Waals surface area contributed by atoms with E-state index in [4.69, 9.17) is 9.40 Å². The molecule has 3 aromatic heterocycles. The number of nitrogens with one attached hydrogen (secondary N) is 3. The average Bonchev–Trinajstić information content (AvgIpc) is 3.78. The van der Waals surface area contributed by atoms with Gasteiger partial charge >= 0.3 is 5.97 Å². The molecule has 15 nitrogen and oxygen atoms in total. The first-order valence-corrected chi connectivity index (χ1v) is 24.1. The minimum atomic E-state index is -1.12. The molecule has 0 saturated carbocycles. The van der Waals surface area contributed by atoms with E-state index >= 15 is 0 Å². The van der Waals surface area contributed by atoms with Crippen molar-refractivity contribution in [2.75, 3.05) is 70.7 Å². The zero-order valence-corrected chi connectivity index (χ0v) is 41.1. The number of nitrogens with zero attached hydrogens (tertiary/aromatic N) is 6. The average molecular weight is 954 g/mol. The van der Waals surface area contributed by atoms with E-state index in [1.165, 1.54) is 12.1 Å². The van der Waals surface area contributed by atoms with Crippen molar-refractivity contribution in [1.29, 1.82) is 0 Å². The number of hydrogen-bond donors (Lipinski definition) is 4. The van der Waals surface area contributed by atoms with Gasteiger partial charge in [0.15, 0.2) is 0 Å². The van der Waals surface area contributed by atoms with Crippen LogP contribution in [0.3, 0.4) is 0 Å². The number of carbonyl (C=O) groups excluding carboxylic acids is 2. The third-order valence-corrected chi connectivity index (χ3v) is 13.5. The number of fused-ring (bicyclic) bond motifs is 3. The zero-order chi connectivity index (χ0) is 49.9. The van der Waals surface area contributed by atoms with Gasteiger partial charge in [-0.3, -0.25) is 19.4 Å². The molecular weight excluding hydrogens is 895 g/mol. The molecule has 71 heavy (non-hydrogen) atoms. The van der Waals surface area contributed by atoms with Crippen molar-refractivity contribution in [3.05, 3.63) is 153 Å². The summed E-state index contributed by atoms with van der Waals surface area (Å²) in [6.45, 7) is 8.55. The Hall–Kier alpha value is -8.04. The second-order valence-electron chi connectivity index (χ2n) is 18.5. The monoisotopic (exact) mass is 953 g/mol. The summed E-state index contributed by atoms with van der Waals surface area (Å²) in [5.41, 5.74) is 8.59. The quantitative estimate of drug-likeness (QED) is 0.0582. The first kappa shape index (κ1) is 48.0. The summed E-state index contributed by atoms with van der Waals surface area (Å²) in [6, 6.07) is 27.9. The molecule has 1 fully saturated rings. The van der Waals surface area contributed by atoms with Gasteiger partial charge in [-0.2, -0.15) is 0 Å². The van der Waals surface area contributed by atoms with Crippen LogP contribution in [0.5, 0.6) is 0 Å². The number of H-pyrrole nitrogens is 1. The number of likely N-dealkylation sites (N-methyl/N-ethyl adjacent to an activating group) is 1. The molecule has 2 aliphatic heterocycles. The molecule has 0 atom stereocenters. The molecule has 0 unspecified atom stereocenters. The Morgan fingerprint density at radius 2 is 1.68 bits per heavy atom. The predicted molar refractivity (Wildman–Crippen MR) is 280 cm³/mol. The Labute approximate surface area is 411 Å². The zero-order valence-electron chi connectivity index (χ0n) is 41.1. The van der Waals surface area contributed by atoms with Gasteiger partial charge < -0.3 is 44.4 Å². The molecule has 0 radical (unpaired) electrons. The van der Waals surface area contributed by atoms with Crippen molar-refractivity contribution in [3.63, 3.8) is 0 Å². The minimum absolute atomic E-state index is 0.0509. The normalized spacial score (nSPS) is 13.3. The summed E-state index contributed by atoms with van der Waals surface area (Å²) in [5, 5.41) is 18.7. The number of carboxylic acid groups (broad SMARTS) is 1. The number of benzene rings is 4. The maximum absolute atomic E-state index is 14.2. The number of aromatic nitrogens is 3. The lowest BCUT2D eigenvalue weighted by Crippen LogP contribution is -2.44. The molecule has 1 aliphatic carbocycles. The molecule has 2 amide bonds. The smallest absolute Gasteiger partial charge is 0.336 e. The third-order valence-electron chi connectivity index (χ3n) is 13.5. The van der Waals surface area contributed by atoms with Crippen LogP contribution in [0.4, 0.5) is 11.5 Å². The standard InChI is InChI=1S/C56H59N9O6/c1-7-9-35-26-34(2)61-55(68)47(35)33-60-54(67)46-28-38(37-11-17-51(59-32-37)65-24-22-63(6)23-25-65)29-48-41(46)18-21-64(48)20-8-19-58-53(66)36-10-14-42(56(69)70)45(27-36)52-43-15-12-39(57-3)30-49(43)71-50-31-40(62(4)5)13-16-44(50)52/h10-18,21,26-32H,7-9,19-20,22-25,33H2,1-6H3,(H,58,66)(H,60,67)(H,61,68)(H,69,70)/b57-39+. The van der Waals surface area contributed by atoms with Crippen LogP contribution in [-0.4, -0.2) is 103 Å². The molecule has 3 aliphatic rings. The van der Waals surface area contributed by atoms with E-state index in [1.54, 1.807) is 13.1 Å². The number of hydrogen-bond acceptors (Lipinski definition) is 10. The highest BCUT2D eigenvalue weighted by Gasteiger charge is 2.24. The molecule has 5 heterocycles. The molecule has 3 aromatic carbocycles. The SMILES string of the molecule is CCCc1cc(C)[nH]c(=O)c1CNC(=O)c1cc(-c2ccc(N3CCN(C)CC3)nc2)cc2c1ccn2CCCNC(=O)c1ccc(C(=O)O)c(-c2c3cc/c(=N\C)cc-3oc3cc(N(C)C)ccc23)c1. The number of amides is 2. The number of pyridine rings is 2. The second kappa shape index (κ2) is 20.5. The molecule has 6 aromatic rings. The van der Waals surface area contributed by atoms with Crippen molar-refractivity contribution in [3.8, 4) is 33.6 Å². The van der Waals surface area contributed by atoms with E-state index in [9.17, 15) is 24.3 Å². The Balaban J connectivity index is 0.983. The first-order chi connectivity index (χ1) is 34.3. The highest BCUT2D eigenvalue weighted by atomic mass is 16.4. The van der Waals surface area contributed by atoms with Gasteiger partial charge in [-0.05, 0) is 122 Å².